The average molecular weight is 336 g/mol. The second kappa shape index (κ2) is 8.82. The van der Waals surface area contributed by atoms with Crippen molar-refractivity contribution < 1.29 is 14.3 Å². The molecule has 0 spiro atoms. The molecular weight excluding hydrogens is 312 g/mol. The first kappa shape index (κ1) is 17.7. The van der Waals surface area contributed by atoms with Gasteiger partial charge in [-0.1, -0.05) is 19.1 Å². The number of likely N-dealkylation sites (tertiary alicyclic amines) is 1. The van der Waals surface area contributed by atoms with Gasteiger partial charge in [0, 0.05) is 24.5 Å². The molecule has 2 rings (SSSR count). The number of nitrogens with zero attached hydrogens (tertiary/aromatic N) is 1. The molecule has 1 aromatic rings. The van der Waals surface area contributed by atoms with Crippen LogP contribution in [0.5, 0.6) is 0 Å². The van der Waals surface area contributed by atoms with E-state index in [4.69, 9.17) is 0 Å². The third-order valence-corrected chi connectivity index (χ3v) is 4.82. The summed E-state index contributed by atoms with van der Waals surface area (Å²) in [5.41, 5.74) is 1.87. The minimum Gasteiger partial charge on any atom is -0.468 e. The first-order chi connectivity index (χ1) is 11.1. The van der Waals surface area contributed by atoms with Gasteiger partial charge in [-0.3, -0.25) is 4.79 Å². The van der Waals surface area contributed by atoms with E-state index in [1.54, 1.807) is 0 Å². The maximum Gasteiger partial charge on any atom is 0.321 e. The van der Waals surface area contributed by atoms with Crippen molar-refractivity contribution in [2.75, 3.05) is 31.3 Å². The summed E-state index contributed by atoms with van der Waals surface area (Å²) in [7, 11) is 1.39. The van der Waals surface area contributed by atoms with Crippen molar-refractivity contribution in [3.63, 3.8) is 0 Å². The number of piperidine rings is 1. The Balaban J connectivity index is 1.86. The Morgan fingerprint density at radius 2 is 2.26 bits per heavy atom. The summed E-state index contributed by atoms with van der Waals surface area (Å²) in [6.07, 6.45) is 2.26. The summed E-state index contributed by atoms with van der Waals surface area (Å²) in [5, 5.41) is 2.97. The van der Waals surface area contributed by atoms with E-state index >= 15 is 0 Å². The highest BCUT2D eigenvalue weighted by atomic mass is 32.2. The number of amides is 2. The first-order valence-corrected chi connectivity index (χ1v) is 9.03. The summed E-state index contributed by atoms with van der Waals surface area (Å²) in [5.74, 6) is 1.38. The monoisotopic (exact) mass is 336 g/mol. The fourth-order valence-electron chi connectivity index (χ4n) is 2.63. The molecule has 23 heavy (non-hydrogen) atoms. The van der Waals surface area contributed by atoms with Crippen LogP contribution in [0, 0.1) is 5.92 Å². The van der Waals surface area contributed by atoms with Crippen molar-refractivity contribution in [1.29, 1.82) is 0 Å². The normalized spacial score (nSPS) is 17.7. The van der Waals surface area contributed by atoms with E-state index < -0.39 is 0 Å². The van der Waals surface area contributed by atoms with Crippen molar-refractivity contribution in [2.45, 2.75) is 25.5 Å². The minimum atomic E-state index is -0.223. The van der Waals surface area contributed by atoms with E-state index in [1.807, 2.05) is 29.2 Å². The lowest BCUT2D eigenvalue weighted by Gasteiger charge is -2.31. The Morgan fingerprint density at radius 3 is 3.00 bits per heavy atom. The lowest BCUT2D eigenvalue weighted by atomic mass is 10.0. The zero-order chi connectivity index (χ0) is 16.7. The van der Waals surface area contributed by atoms with Crippen LogP contribution in [0.15, 0.2) is 24.3 Å². The van der Waals surface area contributed by atoms with Gasteiger partial charge in [0.2, 0.25) is 0 Å². The molecule has 2 amide bonds. The molecule has 0 radical (unpaired) electrons. The van der Waals surface area contributed by atoms with Gasteiger partial charge in [-0.15, -0.1) is 11.8 Å². The standard InChI is InChI=1S/C17H24N2O3S/c1-13-5-4-8-19(10-13)17(21)18-15-7-3-6-14(9-15)11-23-12-16(20)22-2/h3,6-7,9,13H,4-5,8,10-12H2,1-2H3,(H,18,21). The van der Waals surface area contributed by atoms with E-state index in [-0.39, 0.29) is 12.0 Å². The molecule has 1 heterocycles. The van der Waals surface area contributed by atoms with Crippen LogP contribution in [0.2, 0.25) is 0 Å². The second-order valence-electron chi connectivity index (χ2n) is 5.89. The van der Waals surface area contributed by atoms with Crippen molar-refractivity contribution in [3.05, 3.63) is 29.8 Å². The number of nitrogens with one attached hydrogen (secondary N) is 1. The molecule has 1 fully saturated rings. The Hall–Kier alpha value is -1.69. The highest BCUT2D eigenvalue weighted by molar-refractivity contribution is 7.99. The van der Waals surface area contributed by atoms with Crippen LogP contribution in [-0.2, 0) is 15.3 Å². The van der Waals surface area contributed by atoms with Gasteiger partial charge in [-0.05, 0) is 36.5 Å². The lowest BCUT2D eigenvalue weighted by molar-refractivity contribution is -0.137. The van der Waals surface area contributed by atoms with Gasteiger partial charge in [0.15, 0.2) is 0 Å². The zero-order valence-electron chi connectivity index (χ0n) is 13.7. The number of anilines is 1. The number of ether oxygens (including phenoxy) is 1. The molecule has 1 saturated heterocycles. The van der Waals surface area contributed by atoms with Crippen molar-refractivity contribution in [1.82, 2.24) is 4.90 Å². The van der Waals surface area contributed by atoms with E-state index in [0.29, 0.717) is 17.4 Å². The van der Waals surface area contributed by atoms with E-state index in [9.17, 15) is 9.59 Å². The van der Waals surface area contributed by atoms with Gasteiger partial charge in [0.1, 0.15) is 0 Å². The van der Waals surface area contributed by atoms with Gasteiger partial charge in [0.25, 0.3) is 0 Å². The summed E-state index contributed by atoms with van der Waals surface area (Å²) < 4.78 is 4.62. The highest BCUT2D eigenvalue weighted by Crippen LogP contribution is 2.19. The minimum absolute atomic E-state index is 0.0316. The molecule has 1 aliphatic heterocycles. The molecule has 0 bridgehead atoms. The number of esters is 1. The fraction of sp³-hybridized carbons (Fsp3) is 0.529. The molecule has 1 unspecified atom stereocenters. The van der Waals surface area contributed by atoms with Crippen molar-refractivity contribution >= 4 is 29.4 Å². The second-order valence-corrected chi connectivity index (χ2v) is 6.88. The maximum atomic E-state index is 12.3. The van der Waals surface area contributed by atoms with Gasteiger partial charge in [-0.25, -0.2) is 4.79 Å². The molecule has 0 saturated carbocycles. The third-order valence-electron chi connectivity index (χ3n) is 3.84. The molecule has 1 atom stereocenters. The topological polar surface area (TPSA) is 58.6 Å². The highest BCUT2D eigenvalue weighted by Gasteiger charge is 2.20. The summed E-state index contributed by atoms with van der Waals surface area (Å²) in [6.45, 7) is 3.82. The number of urea groups is 1. The van der Waals surface area contributed by atoms with Gasteiger partial charge in [0.05, 0.1) is 12.9 Å². The molecule has 1 aliphatic rings. The van der Waals surface area contributed by atoms with Gasteiger partial charge < -0.3 is 15.0 Å². The number of hydrogen-bond donors (Lipinski definition) is 1. The smallest absolute Gasteiger partial charge is 0.321 e. The number of carbonyl (C=O) groups excluding carboxylic acids is 2. The van der Waals surface area contributed by atoms with Crippen LogP contribution in [-0.4, -0.2) is 42.9 Å². The molecular formula is C17H24N2O3S. The van der Waals surface area contributed by atoms with Gasteiger partial charge in [-0.2, -0.15) is 0 Å². The van der Waals surface area contributed by atoms with E-state index in [2.05, 4.69) is 17.0 Å². The maximum absolute atomic E-state index is 12.3. The van der Waals surface area contributed by atoms with Crippen LogP contribution in [0.25, 0.3) is 0 Å². The fourth-order valence-corrected chi connectivity index (χ4v) is 3.43. The van der Waals surface area contributed by atoms with E-state index in [0.717, 1.165) is 30.8 Å². The average Bonchev–Trinajstić information content (AvgIpc) is 2.55. The third kappa shape index (κ3) is 5.78. The molecule has 0 aliphatic carbocycles. The number of rotatable bonds is 5. The number of methoxy groups -OCH3 is 1. The summed E-state index contributed by atoms with van der Waals surface area (Å²) >= 11 is 1.50. The molecule has 126 valence electrons. The summed E-state index contributed by atoms with van der Waals surface area (Å²) in [6, 6.07) is 7.72. The SMILES string of the molecule is COC(=O)CSCc1cccc(NC(=O)N2CCCC(C)C2)c1. The molecule has 0 aromatic heterocycles. The number of thioether (sulfide) groups is 1. The molecule has 6 heteroatoms. The molecule has 1 N–H and O–H groups in total. The quantitative estimate of drug-likeness (QED) is 0.838. The number of benzene rings is 1. The number of hydrogen-bond acceptors (Lipinski definition) is 4. The van der Waals surface area contributed by atoms with Crippen LogP contribution >= 0.6 is 11.8 Å². The Bertz CT molecular complexity index is 550. The number of carbonyl (C=O) groups is 2. The molecule has 1 aromatic carbocycles. The first-order valence-electron chi connectivity index (χ1n) is 7.88. The summed E-state index contributed by atoms with van der Waals surface area (Å²) in [4.78, 5) is 25.3. The van der Waals surface area contributed by atoms with Crippen molar-refractivity contribution in [3.8, 4) is 0 Å². The van der Waals surface area contributed by atoms with E-state index in [1.165, 1.54) is 25.3 Å². The zero-order valence-corrected chi connectivity index (χ0v) is 14.5. The predicted molar refractivity (Wildman–Crippen MR) is 93.6 cm³/mol. The van der Waals surface area contributed by atoms with Crippen LogP contribution in [0.1, 0.15) is 25.3 Å². The van der Waals surface area contributed by atoms with Gasteiger partial charge >= 0.3 is 12.0 Å². The van der Waals surface area contributed by atoms with Crippen LogP contribution in [0.3, 0.4) is 0 Å². The predicted octanol–water partition coefficient (Wildman–Crippen LogP) is 3.36. The Labute approximate surface area is 141 Å². The Morgan fingerprint density at radius 1 is 1.43 bits per heavy atom. The lowest BCUT2D eigenvalue weighted by Crippen LogP contribution is -2.41. The van der Waals surface area contributed by atoms with Crippen molar-refractivity contribution in [2.24, 2.45) is 5.92 Å². The van der Waals surface area contributed by atoms with Crippen LogP contribution in [0.4, 0.5) is 10.5 Å². The Kier molecular flexibility index (Phi) is 6.77. The molecule has 5 nitrogen and oxygen atoms in total. The largest absolute Gasteiger partial charge is 0.468 e. The van der Waals surface area contributed by atoms with Crippen LogP contribution < -0.4 is 5.32 Å².